The van der Waals surface area contributed by atoms with Crippen molar-refractivity contribution < 1.29 is 14.3 Å². The molecule has 3 aromatic rings. The normalized spacial score (nSPS) is 10.7. The fourth-order valence-electron chi connectivity index (χ4n) is 2.03. The van der Waals surface area contributed by atoms with Crippen LogP contribution < -0.4 is 5.73 Å². The van der Waals surface area contributed by atoms with Gasteiger partial charge in [-0.05, 0) is 24.3 Å². The van der Waals surface area contributed by atoms with Crippen LogP contribution in [0.5, 0.6) is 0 Å². The number of furan rings is 1. The summed E-state index contributed by atoms with van der Waals surface area (Å²) in [7, 11) is 0. The molecule has 0 aliphatic heterocycles. The van der Waals surface area contributed by atoms with Gasteiger partial charge >= 0.3 is 5.97 Å². The summed E-state index contributed by atoms with van der Waals surface area (Å²) >= 11 is 0. The number of hydrogen-bond donors (Lipinski definition) is 2. The Labute approximate surface area is 109 Å². The number of carbonyl (C=O) groups is 1. The van der Waals surface area contributed by atoms with E-state index in [2.05, 4.69) is 0 Å². The fourth-order valence-corrected chi connectivity index (χ4v) is 2.03. The van der Waals surface area contributed by atoms with Gasteiger partial charge < -0.3 is 15.3 Å². The second kappa shape index (κ2) is 4.17. The van der Waals surface area contributed by atoms with Crippen LogP contribution in [0, 0.1) is 0 Å². The molecular weight excluding hydrogens is 242 g/mol. The maximum atomic E-state index is 10.9. The van der Waals surface area contributed by atoms with Crippen LogP contribution in [0.2, 0.25) is 0 Å². The zero-order valence-electron chi connectivity index (χ0n) is 9.96. The first kappa shape index (κ1) is 11.3. The molecule has 4 heteroatoms. The second-order valence-corrected chi connectivity index (χ2v) is 4.26. The van der Waals surface area contributed by atoms with E-state index in [0.717, 1.165) is 16.5 Å². The lowest BCUT2D eigenvalue weighted by Crippen LogP contribution is -2.01. The van der Waals surface area contributed by atoms with Gasteiger partial charge in [-0.3, -0.25) is 0 Å². The van der Waals surface area contributed by atoms with E-state index >= 15 is 0 Å². The van der Waals surface area contributed by atoms with Crippen molar-refractivity contribution in [1.82, 2.24) is 0 Å². The van der Waals surface area contributed by atoms with Crippen molar-refractivity contribution in [1.29, 1.82) is 0 Å². The van der Waals surface area contributed by atoms with Crippen molar-refractivity contribution in [2.45, 2.75) is 0 Å². The van der Waals surface area contributed by atoms with Crippen molar-refractivity contribution in [3.05, 3.63) is 54.1 Å². The molecule has 0 fully saturated rings. The van der Waals surface area contributed by atoms with Crippen LogP contribution in [0.25, 0.3) is 22.3 Å². The number of aromatic carboxylic acids is 1. The van der Waals surface area contributed by atoms with E-state index in [1.54, 1.807) is 12.1 Å². The highest BCUT2D eigenvalue weighted by Crippen LogP contribution is 2.29. The molecule has 2 aromatic carbocycles. The first-order chi connectivity index (χ1) is 9.15. The third-order valence-corrected chi connectivity index (χ3v) is 2.99. The van der Waals surface area contributed by atoms with E-state index in [1.165, 1.54) is 6.07 Å². The van der Waals surface area contributed by atoms with Crippen molar-refractivity contribution in [2.24, 2.45) is 0 Å². The molecule has 0 saturated heterocycles. The number of nitrogen functional groups attached to an aromatic ring is 1. The minimum absolute atomic E-state index is 0.0971. The third-order valence-electron chi connectivity index (χ3n) is 2.99. The van der Waals surface area contributed by atoms with Crippen LogP contribution >= 0.6 is 0 Å². The van der Waals surface area contributed by atoms with Crippen LogP contribution in [0.3, 0.4) is 0 Å². The number of carboxylic acids is 1. The summed E-state index contributed by atoms with van der Waals surface area (Å²) < 4.78 is 5.71. The zero-order chi connectivity index (χ0) is 13.4. The Morgan fingerprint density at radius 1 is 1.11 bits per heavy atom. The molecule has 19 heavy (non-hydrogen) atoms. The van der Waals surface area contributed by atoms with E-state index in [9.17, 15) is 4.79 Å². The van der Waals surface area contributed by atoms with Gasteiger partial charge in [0, 0.05) is 16.6 Å². The average Bonchev–Trinajstić information content (AvgIpc) is 2.81. The highest BCUT2D eigenvalue weighted by atomic mass is 16.4. The molecule has 1 heterocycles. The molecule has 1 aromatic heterocycles. The molecule has 0 bridgehead atoms. The maximum Gasteiger partial charge on any atom is 0.337 e. The van der Waals surface area contributed by atoms with E-state index in [4.69, 9.17) is 15.3 Å². The van der Waals surface area contributed by atoms with Gasteiger partial charge in [0.25, 0.3) is 0 Å². The highest BCUT2D eigenvalue weighted by molar-refractivity contribution is 5.95. The van der Waals surface area contributed by atoms with Gasteiger partial charge in [-0.2, -0.15) is 0 Å². The first-order valence-corrected chi connectivity index (χ1v) is 5.77. The van der Waals surface area contributed by atoms with Gasteiger partial charge in [0.2, 0.25) is 0 Å². The zero-order valence-corrected chi connectivity index (χ0v) is 9.96. The van der Waals surface area contributed by atoms with Gasteiger partial charge in [-0.15, -0.1) is 0 Å². The van der Waals surface area contributed by atoms with Gasteiger partial charge in [0.15, 0.2) is 0 Å². The summed E-state index contributed by atoms with van der Waals surface area (Å²) in [5.41, 5.74) is 7.61. The summed E-state index contributed by atoms with van der Waals surface area (Å²) in [6.07, 6.45) is 0. The molecule has 0 spiro atoms. The van der Waals surface area contributed by atoms with E-state index in [-0.39, 0.29) is 11.3 Å². The molecule has 94 valence electrons. The lowest BCUT2D eigenvalue weighted by Gasteiger charge is -2.02. The Morgan fingerprint density at radius 3 is 2.58 bits per heavy atom. The number of hydrogen-bond acceptors (Lipinski definition) is 3. The smallest absolute Gasteiger partial charge is 0.337 e. The molecule has 0 saturated carbocycles. The largest absolute Gasteiger partial charge is 0.478 e. The number of benzene rings is 2. The maximum absolute atomic E-state index is 10.9. The van der Waals surface area contributed by atoms with Crippen molar-refractivity contribution >= 4 is 22.6 Å². The summed E-state index contributed by atoms with van der Waals surface area (Å²) in [5, 5.41) is 9.94. The van der Waals surface area contributed by atoms with Gasteiger partial charge in [0.05, 0.1) is 5.56 Å². The average molecular weight is 253 g/mol. The van der Waals surface area contributed by atoms with Gasteiger partial charge in [0.1, 0.15) is 11.3 Å². The van der Waals surface area contributed by atoms with Crippen LogP contribution in [0.4, 0.5) is 5.69 Å². The second-order valence-electron chi connectivity index (χ2n) is 4.26. The van der Waals surface area contributed by atoms with E-state index in [0.29, 0.717) is 5.76 Å². The molecule has 0 aliphatic rings. The molecule has 0 radical (unpaired) electrons. The minimum atomic E-state index is -1.03. The van der Waals surface area contributed by atoms with Crippen molar-refractivity contribution in [2.75, 3.05) is 5.73 Å². The minimum Gasteiger partial charge on any atom is -0.478 e. The van der Waals surface area contributed by atoms with E-state index in [1.807, 2.05) is 30.3 Å². The SMILES string of the molecule is Nc1cc(-c2cc3ccccc3o2)ccc1C(=O)O. The Morgan fingerprint density at radius 2 is 1.89 bits per heavy atom. The number of anilines is 1. The predicted octanol–water partition coefficient (Wildman–Crippen LogP) is 3.38. The Kier molecular flexibility index (Phi) is 2.49. The third kappa shape index (κ3) is 1.93. The van der Waals surface area contributed by atoms with Gasteiger partial charge in [-0.25, -0.2) is 4.79 Å². The summed E-state index contributed by atoms with van der Waals surface area (Å²) in [5.74, 6) is -0.363. The van der Waals surface area contributed by atoms with E-state index < -0.39 is 5.97 Å². The lowest BCUT2D eigenvalue weighted by atomic mass is 10.1. The summed E-state index contributed by atoms with van der Waals surface area (Å²) in [6, 6.07) is 14.4. The van der Waals surface area contributed by atoms with Crippen LogP contribution in [0.1, 0.15) is 10.4 Å². The molecule has 3 rings (SSSR count). The molecule has 0 amide bonds. The fraction of sp³-hybridized carbons (Fsp3) is 0. The molecule has 0 aliphatic carbocycles. The number of fused-ring (bicyclic) bond motifs is 1. The van der Waals surface area contributed by atoms with Crippen LogP contribution in [-0.4, -0.2) is 11.1 Å². The number of para-hydroxylation sites is 1. The molecule has 4 nitrogen and oxygen atoms in total. The van der Waals surface area contributed by atoms with Crippen LogP contribution in [0.15, 0.2) is 52.9 Å². The molecule has 3 N–H and O–H groups in total. The molecular formula is C15H11NO3. The van der Waals surface area contributed by atoms with Gasteiger partial charge in [-0.1, -0.05) is 24.3 Å². The van der Waals surface area contributed by atoms with Crippen molar-refractivity contribution in [3.8, 4) is 11.3 Å². The predicted molar refractivity (Wildman–Crippen MR) is 73.0 cm³/mol. The highest BCUT2D eigenvalue weighted by Gasteiger charge is 2.11. The number of carboxylic acid groups (broad SMARTS) is 1. The quantitative estimate of drug-likeness (QED) is 0.686. The van der Waals surface area contributed by atoms with Crippen molar-refractivity contribution in [3.63, 3.8) is 0 Å². The summed E-state index contributed by atoms with van der Waals surface area (Å²) in [6.45, 7) is 0. The number of nitrogens with two attached hydrogens (primary N) is 1. The Bertz CT molecular complexity index is 741. The summed E-state index contributed by atoms with van der Waals surface area (Å²) in [4.78, 5) is 10.9. The Hall–Kier alpha value is -2.75. The molecule has 0 unspecified atom stereocenters. The topological polar surface area (TPSA) is 76.5 Å². The Balaban J connectivity index is 2.11. The standard InChI is InChI=1S/C15H11NO3/c16-12-7-10(5-6-11(12)15(17)18)14-8-9-3-1-2-4-13(9)19-14/h1-8H,16H2,(H,17,18). The lowest BCUT2D eigenvalue weighted by molar-refractivity contribution is 0.0698. The van der Waals surface area contributed by atoms with Crippen LogP contribution in [-0.2, 0) is 0 Å². The molecule has 0 atom stereocenters. The first-order valence-electron chi connectivity index (χ1n) is 5.77. The monoisotopic (exact) mass is 253 g/mol. The number of rotatable bonds is 2.